The predicted octanol–water partition coefficient (Wildman–Crippen LogP) is 4.20. The maximum atomic E-state index is 5.69. The summed E-state index contributed by atoms with van der Waals surface area (Å²) in [4.78, 5) is 10.2. The molecule has 1 aliphatic heterocycles. The molecule has 2 atom stereocenters. The summed E-state index contributed by atoms with van der Waals surface area (Å²) in [6, 6.07) is 18.7. The summed E-state index contributed by atoms with van der Waals surface area (Å²) in [5.41, 5.74) is 5.56. The zero-order valence-corrected chi connectivity index (χ0v) is 15.0. The molecule has 1 aromatic carbocycles. The molecule has 4 nitrogen and oxygen atoms in total. The summed E-state index contributed by atoms with van der Waals surface area (Å²) < 4.78 is 0. The third kappa shape index (κ3) is 2.91. The Bertz CT molecular complexity index is 886. The van der Waals surface area contributed by atoms with Crippen LogP contribution in [0.5, 0.6) is 0 Å². The Kier molecular flexibility index (Phi) is 4.01. The number of nitrogens with zero attached hydrogens (tertiary/aromatic N) is 2. The maximum Gasteiger partial charge on any atom is 0.174 e. The van der Waals surface area contributed by atoms with Crippen molar-refractivity contribution in [3.63, 3.8) is 0 Å². The van der Waals surface area contributed by atoms with Crippen LogP contribution >= 0.6 is 12.2 Å². The molecular formula is C20H20N4S. The fraction of sp³-hybridized carbons (Fsp3) is 0.200. The summed E-state index contributed by atoms with van der Waals surface area (Å²) >= 11 is 5.69. The molecule has 0 saturated carbocycles. The normalized spacial score (nSPS) is 19.9. The number of aromatic nitrogens is 2. The minimum Gasteiger partial charge on any atom is -0.361 e. The van der Waals surface area contributed by atoms with Crippen LogP contribution in [-0.4, -0.2) is 15.1 Å². The zero-order chi connectivity index (χ0) is 17.4. The molecule has 1 saturated heterocycles. The number of pyridine rings is 1. The monoisotopic (exact) mass is 348 g/mol. The minimum absolute atomic E-state index is 0.00643. The van der Waals surface area contributed by atoms with Crippen LogP contribution in [0.3, 0.4) is 0 Å². The lowest BCUT2D eigenvalue weighted by molar-refractivity contribution is 0.558. The number of anilines is 1. The van der Waals surface area contributed by atoms with E-state index in [1.54, 1.807) is 0 Å². The molecule has 0 bridgehead atoms. The number of aromatic amines is 1. The van der Waals surface area contributed by atoms with E-state index in [-0.39, 0.29) is 12.1 Å². The fourth-order valence-corrected chi connectivity index (χ4v) is 3.70. The van der Waals surface area contributed by atoms with Crippen molar-refractivity contribution >= 4 is 23.0 Å². The molecule has 0 aliphatic carbocycles. The number of benzene rings is 1. The molecule has 126 valence electrons. The van der Waals surface area contributed by atoms with Crippen molar-refractivity contribution in [1.82, 2.24) is 15.3 Å². The van der Waals surface area contributed by atoms with Gasteiger partial charge in [0.1, 0.15) is 6.04 Å². The van der Waals surface area contributed by atoms with Crippen molar-refractivity contribution in [2.24, 2.45) is 0 Å². The van der Waals surface area contributed by atoms with E-state index in [0.717, 1.165) is 27.9 Å². The summed E-state index contributed by atoms with van der Waals surface area (Å²) in [5, 5.41) is 4.19. The highest BCUT2D eigenvalue weighted by molar-refractivity contribution is 7.80. The average Bonchev–Trinajstić information content (AvgIpc) is 3.20. The summed E-state index contributed by atoms with van der Waals surface area (Å²) in [5.74, 6) is 0. The van der Waals surface area contributed by atoms with E-state index >= 15 is 0 Å². The van der Waals surface area contributed by atoms with Crippen LogP contribution in [0.15, 0.2) is 60.8 Å². The Hall–Kier alpha value is -2.66. The van der Waals surface area contributed by atoms with Crippen molar-refractivity contribution < 1.29 is 0 Å². The highest BCUT2D eigenvalue weighted by Gasteiger charge is 2.41. The summed E-state index contributed by atoms with van der Waals surface area (Å²) in [6.45, 7) is 4.16. The first-order chi connectivity index (χ1) is 12.1. The third-order valence-electron chi connectivity index (χ3n) is 4.58. The number of nitrogens with one attached hydrogen (secondary N) is 2. The quantitative estimate of drug-likeness (QED) is 0.696. The number of H-pyrrole nitrogens is 1. The van der Waals surface area contributed by atoms with E-state index < -0.39 is 0 Å². The van der Waals surface area contributed by atoms with Crippen LogP contribution in [0.1, 0.15) is 34.7 Å². The van der Waals surface area contributed by atoms with Crippen LogP contribution in [0.25, 0.3) is 0 Å². The molecule has 0 amide bonds. The second kappa shape index (κ2) is 6.33. The molecule has 5 heteroatoms. The van der Waals surface area contributed by atoms with Gasteiger partial charge in [0, 0.05) is 23.3 Å². The third-order valence-corrected chi connectivity index (χ3v) is 4.90. The van der Waals surface area contributed by atoms with Crippen molar-refractivity contribution in [2.75, 3.05) is 4.90 Å². The van der Waals surface area contributed by atoms with Crippen molar-refractivity contribution in [2.45, 2.75) is 25.9 Å². The molecule has 0 unspecified atom stereocenters. The number of hydrogen-bond donors (Lipinski definition) is 2. The van der Waals surface area contributed by atoms with Gasteiger partial charge in [-0.25, -0.2) is 0 Å². The molecule has 2 N–H and O–H groups in total. The van der Waals surface area contributed by atoms with Gasteiger partial charge in [0.15, 0.2) is 5.11 Å². The van der Waals surface area contributed by atoms with Gasteiger partial charge in [0.25, 0.3) is 0 Å². The molecule has 25 heavy (non-hydrogen) atoms. The van der Waals surface area contributed by atoms with Gasteiger partial charge in [-0.05, 0) is 62.5 Å². The van der Waals surface area contributed by atoms with Crippen LogP contribution in [0.2, 0.25) is 0 Å². The molecule has 1 aliphatic rings. The molecule has 1 fully saturated rings. The molecule has 3 heterocycles. The lowest BCUT2D eigenvalue weighted by Gasteiger charge is -2.27. The first-order valence-electron chi connectivity index (χ1n) is 8.36. The van der Waals surface area contributed by atoms with Crippen LogP contribution in [0, 0.1) is 13.8 Å². The topological polar surface area (TPSA) is 44.0 Å². The van der Waals surface area contributed by atoms with Crippen molar-refractivity contribution in [3.05, 3.63) is 83.4 Å². The molecule has 0 radical (unpaired) electrons. The molecule has 0 spiro atoms. The van der Waals surface area contributed by atoms with Gasteiger partial charge in [0.05, 0.1) is 11.7 Å². The van der Waals surface area contributed by atoms with E-state index in [2.05, 4.69) is 70.4 Å². The molecule has 2 aromatic heterocycles. The summed E-state index contributed by atoms with van der Waals surface area (Å²) in [7, 11) is 0. The van der Waals surface area contributed by atoms with E-state index in [1.165, 1.54) is 5.56 Å². The number of hydrogen-bond acceptors (Lipinski definition) is 2. The van der Waals surface area contributed by atoms with Crippen LogP contribution in [-0.2, 0) is 0 Å². The van der Waals surface area contributed by atoms with E-state index in [1.807, 2.05) is 24.4 Å². The highest BCUT2D eigenvalue weighted by atomic mass is 32.1. The Morgan fingerprint density at radius 1 is 1.00 bits per heavy atom. The second-order valence-corrected chi connectivity index (χ2v) is 6.82. The predicted molar refractivity (Wildman–Crippen MR) is 105 cm³/mol. The Balaban J connectivity index is 1.81. The van der Waals surface area contributed by atoms with Crippen molar-refractivity contribution in [3.8, 4) is 0 Å². The molecular weight excluding hydrogens is 328 g/mol. The Morgan fingerprint density at radius 2 is 1.80 bits per heavy atom. The lowest BCUT2D eigenvalue weighted by atomic mass is 10.0. The van der Waals surface area contributed by atoms with E-state index in [0.29, 0.717) is 0 Å². The largest absolute Gasteiger partial charge is 0.361 e. The van der Waals surface area contributed by atoms with E-state index in [4.69, 9.17) is 12.2 Å². The van der Waals surface area contributed by atoms with Gasteiger partial charge in [-0.2, -0.15) is 0 Å². The summed E-state index contributed by atoms with van der Waals surface area (Å²) in [6.07, 6.45) is 1.83. The van der Waals surface area contributed by atoms with Gasteiger partial charge in [-0.3, -0.25) is 4.98 Å². The highest BCUT2D eigenvalue weighted by Crippen LogP contribution is 2.40. The zero-order valence-electron chi connectivity index (χ0n) is 14.2. The van der Waals surface area contributed by atoms with Crippen LogP contribution < -0.4 is 10.2 Å². The second-order valence-electron chi connectivity index (χ2n) is 6.43. The SMILES string of the molecule is Cc1ccc(N2C(=S)N[C@@H](c3ccccn3)[C@H]2c2ccc(C)[nH]2)cc1. The first kappa shape index (κ1) is 15.8. The minimum atomic E-state index is -0.00643. The maximum absolute atomic E-state index is 5.69. The average molecular weight is 348 g/mol. The molecule has 3 aromatic rings. The van der Waals surface area contributed by atoms with Gasteiger partial charge < -0.3 is 15.2 Å². The van der Waals surface area contributed by atoms with Gasteiger partial charge in [-0.1, -0.05) is 23.8 Å². The number of rotatable bonds is 3. The standard InChI is InChI=1S/C20H20N4S/c1-13-6-9-15(10-7-13)24-19(17-11-8-14(2)22-17)18(23-20(24)25)16-5-3-4-12-21-16/h3-12,18-19,22H,1-2H3,(H,23,25)/t18-,19+/m0/s1. The van der Waals surface area contributed by atoms with Crippen LogP contribution in [0.4, 0.5) is 5.69 Å². The molecule has 4 rings (SSSR count). The Morgan fingerprint density at radius 3 is 2.44 bits per heavy atom. The number of aryl methyl sites for hydroxylation is 2. The van der Waals surface area contributed by atoms with Gasteiger partial charge in [-0.15, -0.1) is 0 Å². The number of thiocarbonyl (C=S) groups is 1. The van der Waals surface area contributed by atoms with Gasteiger partial charge in [0.2, 0.25) is 0 Å². The lowest BCUT2D eigenvalue weighted by Crippen LogP contribution is -2.29. The smallest absolute Gasteiger partial charge is 0.174 e. The first-order valence-corrected chi connectivity index (χ1v) is 8.77. The van der Waals surface area contributed by atoms with E-state index in [9.17, 15) is 0 Å². The van der Waals surface area contributed by atoms with Crippen molar-refractivity contribution in [1.29, 1.82) is 0 Å². The van der Waals surface area contributed by atoms with Gasteiger partial charge >= 0.3 is 0 Å². The fourth-order valence-electron chi connectivity index (χ4n) is 3.35. The Labute approximate surface area is 152 Å².